The van der Waals surface area contributed by atoms with Crippen LogP contribution in [0.3, 0.4) is 0 Å². The van der Waals surface area contributed by atoms with E-state index in [2.05, 4.69) is 6.92 Å². The number of nitrogens with zero attached hydrogens (tertiary/aromatic N) is 1. The number of likely N-dealkylation sites (tertiary alicyclic amines) is 1. The molecular formula is C14H25NO3. The molecule has 1 saturated heterocycles. The molecule has 18 heavy (non-hydrogen) atoms. The van der Waals surface area contributed by atoms with E-state index in [0.717, 1.165) is 25.1 Å². The lowest BCUT2D eigenvalue weighted by molar-refractivity contribution is -0.0208. The van der Waals surface area contributed by atoms with Crippen molar-refractivity contribution >= 4 is 6.09 Å². The van der Waals surface area contributed by atoms with Crippen molar-refractivity contribution in [1.82, 2.24) is 4.90 Å². The van der Waals surface area contributed by atoms with E-state index in [1.165, 1.54) is 0 Å². The maximum atomic E-state index is 11.9. The number of rotatable bonds is 4. The van der Waals surface area contributed by atoms with Crippen LogP contribution in [-0.4, -0.2) is 35.8 Å². The molecule has 0 spiro atoms. The summed E-state index contributed by atoms with van der Waals surface area (Å²) >= 11 is 0. The summed E-state index contributed by atoms with van der Waals surface area (Å²) in [6, 6.07) is 0.154. The Balaban J connectivity index is 2.39. The van der Waals surface area contributed by atoms with Gasteiger partial charge in [0.25, 0.3) is 0 Å². The molecule has 0 N–H and O–H groups in total. The molecule has 1 rings (SSSR count). The number of hydrogen-bond acceptors (Lipinski definition) is 3. The fraction of sp³-hybridized carbons (Fsp3) is 0.786. The highest BCUT2D eigenvalue weighted by Gasteiger charge is 2.35. The average Bonchev–Trinajstić information content (AvgIpc) is 2.19. The van der Waals surface area contributed by atoms with Gasteiger partial charge >= 0.3 is 6.09 Å². The van der Waals surface area contributed by atoms with Crippen molar-refractivity contribution in [3.05, 3.63) is 11.8 Å². The van der Waals surface area contributed by atoms with Crippen LogP contribution in [0.25, 0.3) is 0 Å². The van der Waals surface area contributed by atoms with E-state index in [1.807, 2.05) is 33.8 Å². The largest absolute Gasteiger partial charge is 0.496 e. The van der Waals surface area contributed by atoms with Crippen molar-refractivity contribution in [3.8, 4) is 0 Å². The third-order valence-electron chi connectivity index (χ3n) is 2.90. The zero-order valence-electron chi connectivity index (χ0n) is 12.2. The van der Waals surface area contributed by atoms with Gasteiger partial charge in [-0.2, -0.15) is 0 Å². The van der Waals surface area contributed by atoms with Crippen LogP contribution in [0.5, 0.6) is 0 Å². The van der Waals surface area contributed by atoms with E-state index in [4.69, 9.17) is 9.47 Å². The van der Waals surface area contributed by atoms with Crippen LogP contribution in [0.2, 0.25) is 0 Å². The maximum Gasteiger partial charge on any atom is 0.410 e. The van der Waals surface area contributed by atoms with E-state index in [0.29, 0.717) is 6.61 Å². The molecule has 1 heterocycles. The van der Waals surface area contributed by atoms with E-state index in [9.17, 15) is 4.79 Å². The van der Waals surface area contributed by atoms with Gasteiger partial charge in [-0.25, -0.2) is 4.79 Å². The summed E-state index contributed by atoms with van der Waals surface area (Å²) in [5.74, 6) is 0.978. The third-order valence-corrected chi connectivity index (χ3v) is 2.90. The van der Waals surface area contributed by atoms with Gasteiger partial charge in [0.15, 0.2) is 0 Å². The number of hydrogen-bond donors (Lipinski definition) is 0. The molecule has 1 amide bonds. The summed E-state index contributed by atoms with van der Waals surface area (Å²) in [6.07, 6.45) is 3.60. The lowest BCUT2D eigenvalue weighted by Crippen LogP contribution is -2.54. The summed E-state index contributed by atoms with van der Waals surface area (Å²) < 4.78 is 11.0. The van der Waals surface area contributed by atoms with Crippen molar-refractivity contribution in [1.29, 1.82) is 0 Å². The first-order chi connectivity index (χ1) is 8.37. The van der Waals surface area contributed by atoms with Gasteiger partial charge in [0.2, 0.25) is 0 Å². The van der Waals surface area contributed by atoms with Crippen LogP contribution >= 0.6 is 0 Å². The number of ether oxygens (including phenoxy) is 2. The normalized spacial score (nSPS) is 20.4. The first-order valence-electron chi connectivity index (χ1n) is 6.65. The van der Waals surface area contributed by atoms with Gasteiger partial charge in [-0.15, -0.1) is 0 Å². The second kappa shape index (κ2) is 6.12. The Morgan fingerprint density at radius 2 is 2.11 bits per heavy atom. The summed E-state index contributed by atoms with van der Waals surface area (Å²) in [7, 11) is 0. The number of carbonyl (C=O) groups excluding carboxylic acids is 1. The molecule has 0 radical (unpaired) electrons. The Kier molecular flexibility index (Phi) is 5.05. The monoisotopic (exact) mass is 255 g/mol. The molecule has 0 aromatic carbocycles. The third kappa shape index (κ3) is 4.24. The van der Waals surface area contributed by atoms with Gasteiger partial charge in [-0.3, -0.25) is 0 Å². The lowest BCUT2D eigenvalue weighted by atomic mass is 10.1. The number of carbonyl (C=O) groups is 1. The molecule has 0 saturated carbocycles. The standard InChI is InChI=1S/C14H25NO3/c1-6-12(7-2)17-10-11-8-9-15(11)13(16)18-14(3,4)5/h6,11H,7-10H2,1-5H3. The van der Waals surface area contributed by atoms with E-state index >= 15 is 0 Å². The first-order valence-corrected chi connectivity index (χ1v) is 6.65. The summed E-state index contributed by atoms with van der Waals surface area (Å²) in [5.41, 5.74) is -0.435. The van der Waals surface area contributed by atoms with Crippen molar-refractivity contribution in [2.24, 2.45) is 0 Å². The molecule has 1 atom stereocenters. The molecule has 104 valence electrons. The minimum Gasteiger partial charge on any atom is -0.496 e. The molecule has 1 aliphatic rings. The van der Waals surface area contributed by atoms with Gasteiger partial charge in [-0.1, -0.05) is 6.92 Å². The topological polar surface area (TPSA) is 38.8 Å². The lowest BCUT2D eigenvalue weighted by Gasteiger charge is -2.41. The highest BCUT2D eigenvalue weighted by molar-refractivity contribution is 5.69. The van der Waals surface area contributed by atoms with Crippen molar-refractivity contribution < 1.29 is 14.3 Å². The van der Waals surface area contributed by atoms with Crippen LogP contribution in [-0.2, 0) is 9.47 Å². The Morgan fingerprint density at radius 3 is 2.50 bits per heavy atom. The predicted octanol–water partition coefficient (Wildman–Crippen LogP) is 3.33. The van der Waals surface area contributed by atoms with Crippen molar-refractivity contribution in [2.45, 2.75) is 59.1 Å². The Hall–Kier alpha value is -1.19. The average molecular weight is 255 g/mol. The van der Waals surface area contributed by atoms with E-state index in [-0.39, 0.29) is 12.1 Å². The molecule has 4 heteroatoms. The van der Waals surface area contributed by atoms with E-state index in [1.54, 1.807) is 4.90 Å². The zero-order valence-corrected chi connectivity index (χ0v) is 12.2. The SMILES string of the molecule is CC=C(CC)OCC1CCN1C(=O)OC(C)(C)C. The Labute approximate surface area is 110 Å². The van der Waals surface area contributed by atoms with Crippen LogP contribution in [0.15, 0.2) is 11.8 Å². The van der Waals surface area contributed by atoms with Gasteiger partial charge in [0, 0.05) is 13.0 Å². The summed E-state index contributed by atoms with van der Waals surface area (Å²) in [5, 5.41) is 0. The van der Waals surface area contributed by atoms with Gasteiger partial charge in [0.05, 0.1) is 11.8 Å². The zero-order chi connectivity index (χ0) is 13.8. The molecule has 0 bridgehead atoms. The molecule has 0 aliphatic carbocycles. The minimum atomic E-state index is -0.435. The second-order valence-electron chi connectivity index (χ2n) is 5.54. The molecule has 0 aromatic heterocycles. The fourth-order valence-electron chi connectivity index (χ4n) is 1.77. The maximum absolute atomic E-state index is 11.9. The minimum absolute atomic E-state index is 0.154. The van der Waals surface area contributed by atoms with Crippen molar-refractivity contribution in [2.75, 3.05) is 13.2 Å². The predicted molar refractivity (Wildman–Crippen MR) is 71.3 cm³/mol. The molecular weight excluding hydrogens is 230 g/mol. The van der Waals surface area contributed by atoms with Gasteiger partial charge in [0.1, 0.15) is 12.2 Å². The summed E-state index contributed by atoms with van der Waals surface area (Å²) in [4.78, 5) is 13.6. The molecule has 1 fully saturated rings. The molecule has 1 unspecified atom stereocenters. The van der Waals surface area contributed by atoms with Gasteiger partial charge in [-0.05, 0) is 40.2 Å². The highest BCUT2D eigenvalue weighted by Crippen LogP contribution is 2.22. The van der Waals surface area contributed by atoms with E-state index < -0.39 is 5.60 Å². The number of amides is 1. The first kappa shape index (κ1) is 14.9. The Morgan fingerprint density at radius 1 is 1.44 bits per heavy atom. The van der Waals surface area contributed by atoms with Crippen LogP contribution in [0, 0.1) is 0 Å². The smallest absolute Gasteiger partial charge is 0.410 e. The van der Waals surface area contributed by atoms with Crippen LogP contribution in [0.4, 0.5) is 4.79 Å². The quantitative estimate of drug-likeness (QED) is 0.723. The molecule has 0 aromatic rings. The van der Waals surface area contributed by atoms with Gasteiger partial charge < -0.3 is 14.4 Å². The summed E-state index contributed by atoms with van der Waals surface area (Å²) in [6.45, 7) is 11.0. The van der Waals surface area contributed by atoms with Crippen LogP contribution < -0.4 is 0 Å². The molecule has 1 aliphatic heterocycles. The molecule has 4 nitrogen and oxygen atoms in total. The highest BCUT2D eigenvalue weighted by atomic mass is 16.6. The van der Waals surface area contributed by atoms with Crippen LogP contribution in [0.1, 0.15) is 47.5 Å². The fourth-order valence-corrected chi connectivity index (χ4v) is 1.77. The Bertz CT molecular complexity index is 317. The van der Waals surface area contributed by atoms with Crippen molar-refractivity contribution in [3.63, 3.8) is 0 Å². The number of allylic oxidation sites excluding steroid dienone is 2. The second-order valence-corrected chi connectivity index (χ2v) is 5.54.